The van der Waals surface area contributed by atoms with Crippen molar-refractivity contribution in [2.24, 2.45) is 5.10 Å². The van der Waals surface area contributed by atoms with Gasteiger partial charge in [-0.3, -0.25) is 4.79 Å². The lowest BCUT2D eigenvalue weighted by molar-refractivity contribution is -0.123. The second-order valence-corrected chi connectivity index (χ2v) is 7.66. The first-order valence-electron chi connectivity index (χ1n) is 9.51. The minimum atomic E-state index is -0.446. The Morgan fingerprint density at radius 2 is 1.77 bits per heavy atom. The number of esters is 1. The average Bonchev–Trinajstić information content (AvgIpc) is 2.76. The van der Waals surface area contributed by atoms with Crippen molar-refractivity contribution in [1.82, 2.24) is 5.43 Å². The number of hydrogen-bond donors (Lipinski definition) is 1. The maximum Gasteiger partial charge on any atom is 0.343 e. The predicted molar refractivity (Wildman–Crippen MR) is 123 cm³/mol. The van der Waals surface area contributed by atoms with Gasteiger partial charge in [-0.25, -0.2) is 10.2 Å². The number of benzene rings is 3. The molecule has 0 spiro atoms. The summed E-state index contributed by atoms with van der Waals surface area (Å²) in [5, 5.41) is 3.92. The molecule has 1 N–H and O–H groups in total. The van der Waals surface area contributed by atoms with Crippen LogP contribution in [0.15, 0.2) is 76.3 Å². The van der Waals surface area contributed by atoms with Crippen LogP contribution in [0.1, 0.15) is 27.0 Å². The molecule has 0 heterocycles. The van der Waals surface area contributed by atoms with Crippen LogP contribution in [0.2, 0.25) is 0 Å². The Morgan fingerprint density at radius 1 is 1.03 bits per heavy atom. The van der Waals surface area contributed by atoms with Gasteiger partial charge in [0.25, 0.3) is 5.91 Å². The lowest BCUT2D eigenvalue weighted by Crippen LogP contribution is -2.24. The zero-order chi connectivity index (χ0) is 22.2. The molecule has 158 valence electrons. The van der Waals surface area contributed by atoms with Crippen LogP contribution in [-0.2, 0) is 4.79 Å². The summed E-state index contributed by atoms with van der Waals surface area (Å²) in [6, 6.07) is 19.4. The number of halogens is 1. The molecule has 0 saturated carbocycles. The number of nitrogens with one attached hydrogen (secondary N) is 1. The van der Waals surface area contributed by atoms with E-state index in [1.807, 2.05) is 38.1 Å². The van der Waals surface area contributed by atoms with Crippen LogP contribution < -0.4 is 14.9 Å². The summed E-state index contributed by atoms with van der Waals surface area (Å²) >= 11 is 3.33. The van der Waals surface area contributed by atoms with Crippen LogP contribution in [0.3, 0.4) is 0 Å². The highest BCUT2D eigenvalue weighted by atomic mass is 79.9. The van der Waals surface area contributed by atoms with Gasteiger partial charge in [0.15, 0.2) is 6.61 Å². The highest BCUT2D eigenvalue weighted by Crippen LogP contribution is 2.20. The zero-order valence-electron chi connectivity index (χ0n) is 17.1. The molecule has 0 aliphatic rings. The molecule has 0 saturated heterocycles. The van der Waals surface area contributed by atoms with E-state index >= 15 is 0 Å². The Morgan fingerprint density at radius 3 is 2.52 bits per heavy atom. The van der Waals surface area contributed by atoms with E-state index in [0.717, 1.165) is 21.2 Å². The van der Waals surface area contributed by atoms with Gasteiger partial charge in [-0.05, 0) is 79.1 Å². The third-order valence-corrected chi connectivity index (χ3v) is 4.96. The van der Waals surface area contributed by atoms with Crippen molar-refractivity contribution in [3.63, 3.8) is 0 Å². The summed E-state index contributed by atoms with van der Waals surface area (Å²) in [4.78, 5) is 24.1. The summed E-state index contributed by atoms with van der Waals surface area (Å²) in [5.41, 5.74) is 5.71. The minimum Gasteiger partial charge on any atom is -0.483 e. The lowest BCUT2D eigenvalue weighted by atomic mass is 10.1. The Kier molecular flexibility index (Phi) is 7.56. The highest BCUT2D eigenvalue weighted by Gasteiger charge is 2.09. The maximum atomic E-state index is 12.2. The Bertz CT molecular complexity index is 1110. The number of amides is 1. The molecule has 0 unspecified atom stereocenters. The molecule has 3 aromatic rings. The number of hydrazone groups is 1. The standard InChI is InChI=1S/C24H21BrN2O4/c1-16-5-3-8-22(17(16)2)30-15-23(28)27-26-14-18-9-11-21(12-10-18)31-24(29)19-6-4-7-20(25)13-19/h3-14H,15H2,1-2H3,(H,27,28). The number of carbonyl (C=O) groups excluding carboxylic acids is 2. The number of hydrogen-bond acceptors (Lipinski definition) is 5. The number of aryl methyl sites for hydroxylation is 1. The molecule has 0 bridgehead atoms. The molecular formula is C24H21BrN2O4. The van der Waals surface area contributed by atoms with Gasteiger partial charge in [-0.1, -0.05) is 34.1 Å². The second kappa shape index (κ2) is 10.5. The lowest BCUT2D eigenvalue weighted by Gasteiger charge is -2.09. The Labute approximate surface area is 189 Å². The van der Waals surface area contributed by atoms with Crippen LogP contribution in [0, 0.1) is 13.8 Å². The topological polar surface area (TPSA) is 77.0 Å². The van der Waals surface area contributed by atoms with Gasteiger partial charge < -0.3 is 9.47 Å². The van der Waals surface area contributed by atoms with Gasteiger partial charge in [-0.2, -0.15) is 5.10 Å². The van der Waals surface area contributed by atoms with Crippen LogP contribution in [0.4, 0.5) is 0 Å². The van der Waals surface area contributed by atoms with Crippen LogP contribution >= 0.6 is 15.9 Å². The highest BCUT2D eigenvalue weighted by molar-refractivity contribution is 9.10. The van der Waals surface area contributed by atoms with Crippen LogP contribution in [-0.4, -0.2) is 24.7 Å². The van der Waals surface area contributed by atoms with Gasteiger partial charge >= 0.3 is 5.97 Å². The Hall–Kier alpha value is -3.45. The fourth-order valence-corrected chi connectivity index (χ4v) is 3.04. The molecule has 3 aromatic carbocycles. The predicted octanol–water partition coefficient (Wildman–Crippen LogP) is 4.81. The third kappa shape index (κ3) is 6.52. The number of carbonyl (C=O) groups is 2. The second-order valence-electron chi connectivity index (χ2n) is 6.75. The van der Waals surface area contributed by atoms with Crippen molar-refractivity contribution < 1.29 is 19.1 Å². The first kappa shape index (κ1) is 22.2. The van der Waals surface area contributed by atoms with Crippen molar-refractivity contribution >= 4 is 34.0 Å². The number of nitrogens with zero attached hydrogens (tertiary/aromatic N) is 1. The molecule has 0 aliphatic carbocycles. The zero-order valence-corrected chi connectivity index (χ0v) is 18.7. The number of rotatable bonds is 7. The largest absolute Gasteiger partial charge is 0.483 e. The molecule has 0 radical (unpaired) electrons. The van der Waals surface area contributed by atoms with E-state index in [0.29, 0.717) is 17.1 Å². The summed E-state index contributed by atoms with van der Waals surface area (Å²) in [6.07, 6.45) is 1.50. The normalized spacial score (nSPS) is 10.7. The SMILES string of the molecule is Cc1cccc(OCC(=O)NN=Cc2ccc(OC(=O)c3cccc(Br)c3)cc2)c1C. The van der Waals surface area contributed by atoms with E-state index < -0.39 is 5.97 Å². The van der Waals surface area contributed by atoms with Gasteiger partial charge in [-0.15, -0.1) is 0 Å². The van der Waals surface area contributed by atoms with Gasteiger partial charge in [0.2, 0.25) is 0 Å². The summed E-state index contributed by atoms with van der Waals surface area (Å²) in [7, 11) is 0. The molecule has 7 heteroatoms. The van der Waals surface area contributed by atoms with Gasteiger partial charge in [0.05, 0.1) is 11.8 Å². The maximum absolute atomic E-state index is 12.2. The molecule has 6 nitrogen and oxygen atoms in total. The fourth-order valence-electron chi connectivity index (χ4n) is 2.64. The Balaban J connectivity index is 1.48. The minimum absolute atomic E-state index is 0.133. The molecule has 0 aliphatic heterocycles. The molecule has 31 heavy (non-hydrogen) atoms. The smallest absolute Gasteiger partial charge is 0.343 e. The van der Waals surface area contributed by atoms with E-state index in [4.69, 9.17) is 9.47 Å². The quantitative estimate of drug-likeness (QED) is 0.227. The van der Waals surface area contributed by atoms with Crippen molar-refractivity contribution in [3.8, 4) is 11.5 Å². The van der Waals surface area contributed by atoms with E-state index in [1.165, 1.54) is 6.21 Å². The van der Waals surface area contributed by atoms with Crippen molar-refractivity contribution in [2.45, 2.75) is 13.8 Å². The van der Waals surface area contributed by atoms with Crippen molar-refractivity contribution in [3.05, 3.63) is 93.5 Å². The molecule has 0 fully saturated rings. The fraction of sp³-hybridized carbons (Fsp3) is 0.125. The van der Waals surface area contributed by atoms with Crippen LogP contribution in [0.25, 0.3) is 0 Å². The molecule has 1 amide bonds. The van der Waals surface area contributed by atoms with E-state index in [9.17, 15) is 9.59 Å². The van der Waals surface area contributed by atoms with Crippen molar-refractivity contribution in [2.75, 3.05) is 6.61 Å². The molecule has 0 atom stereocenters. The summed E-state index contributed by atoms with van der Waals surface area (Å²) in [6.45, 7) is 3.80. The monoisotopic (exact) mass is 480 g/mol. The number of ether oxygens (including phenoxy) is 2. The first-order chi connectivity index (χ1) is 14.9. The summed E-state index contributed by atoms with van der Waals surface area (Å²) < 4.78 is 11.7. The summed E-state index contributed by atoms with van der Waals surface area (Å²) in [5.74, 6) is 0.274. The molecule has 0 aromatic heterocycles. The van der Waals surface area contributed by atoms with Crippen LogP contribution in [0.5, 0.6) is 11.5 Å². The molecular weight excluding hydrogens is 460 g/mol. The van der Waals surface area contributed by atoms with E-state index in [1.54, 1.807) is 42.5 Å². The average molecular weight is 481 g/mol. The molecule has 3 rings (SSSR count). The third-order valence-electron chi connectivity index (χ3n) is 4.47. The van der Waals surface area contributed by atoms with E-state index in [2.05, 4.69) is 26.5 Å². The van der Waals surface area contributed by atoms with Gasteiger partial charge in [0.1, 0.15) is 11.5 Å². The van der Waals surface area contributed by atoms with E-state index in [-0.39, 0.29) is 12.5 Å². The first-order valence-corrected chi connectivity index (χ1v) is 10.3. The van der Waals surface area contributed by atoms with Gasteiger partial charge in [0, 0.05) is 4.47 Å². The van der Waals surface area contributed by atoms with Crippen molar-refractivity contribution in [1.29, 1.82) is 0 Å².